The maximum atomic E-state index is 13.3. The van der Waals surface area contributed by atoms with Crippen molar-refractivity contribution in [3.63, 3.8) is 0 Å². The van der Waals surface area contributed by atoms with E-state index in [1.54, 1.807) is 22.1 Å². The van der Waals surface area contributed by atoms with Crippen LogP contribution in [-0.4, -0.2) is 41.2 Å². The number of nitrogens with zero attached hydrogens (tertiary/aromatic N) is 2. The highest BCUT2D eigenvalue weighted by Gasteiger charge is 2.22. The molecule has 3 rings (SSSR count). The molecule has 0 saturated carbocycles. The molecule has 1 aromatic heterocycles. The summed E-state index contributed by atoms with van der Waals surface area (Å²) in [6.07, 6.45) is 7.24. The van der Waals surface area contributed by atoms with Crippen molar-refractivity contribution in [3.8, 4) is 0 Å². The van der Waals surface area contributed by atoms with E-state index in [9.17, 15) is 9.59 Å². The fourth-order valence-corrected chi connectivity index (χ4v) is 3.81. The summed E-state index contributed by atoms with van der Waals surface area (Å²) in [5.41, 5.74) is 2.95. The minimum absolute atomic E-state index is 0.0159. The second-order valence-corrected chi connectivity index (χ2v) is 8.41. The van der Waals surface area contributed by atoms with Gasteiger partial charge in [0, 0.05) is 18.7 Å². The fourth-order valence-electron chi connectivity index (χ4n) is 3.81. The van der Waals surface area contributed by atoms with E-state index >= 15 is 0 Å². The number of aryl methyl sites for hydroxylation is 1. The highest BCUT2D eigenvalue weighted by Crippen LogP contribution is 2.13. The molecule has 3 aromatic rings. The van der Waals surface area contributed by atoms with Crippen LogP contribution in [0.5, 0.6) is 0 Å². The molecule has 0 radical (unpaired) electrons. The number of carbonyl (C=O) groups is 2. The maximum absolute atomic E-state index is 13.3. The van der Waals surface area contributed by atoms with Crippen LogP contribution in [0.3, 0.4) is 0 Å². The third-order valence-corrected chi connectivity index (χ3v) is 5.78. The van der Waals surface area contributed by atoms with E-state index in [-0.39, 0.29) is 18.4 Å². The fraction of sp³-hybridized carbons (Fsp3) is 0.310. The molecule has 178 valence electrons. The SMILES string of the molecule is C=CCN(CC(=O)N(CCc1ccccc1)Cc1ccco1)C(=O)c1ccc(CCCC)cc1. The molecule has 0 aliphatic carbocycles. The summed E-state index contributed by atoms with van der Waals surface area (Å²) < 4.78 is 5.48. The monoisotopic (exact) mass is 458 g/mol. The Hall–Kier alpha value is -3.60. The molecule has 2 aromatic carbocycles. The quantitative estimate of drug-likeness (QED) is 0.317. The highest BCUT2D eigenvalue weighted by molar-refractivity contribution is 5.96. The Bertz CT molecular complexity index is 1030. The zero-order valence-electron chi connectivity index (χ0n) is 20.0. The molecule has 0 aliphatic heterocycles. The van der Waals surface area contributed by atoms with Crippen molar-refractivity contribution in [3.05, 3.63) is 108 Å². The number of rotatable bonds is 13. The minimum atomic E-state index is -0.170. The molecule has 5 heteroatoms. The minimum Gasteiger partial charge on any atom is -0.467 e. The lowest BCUT2D eigenvalue weighted by atomic mass is 10.1. The van der Waals surface area contributed by atoms with Gasteiger partial charge in [-0.2, -0.15) is 0 Å². The first-order valence-electron chi connectivity index (χ1n) is 11.9. The van der Waals surface area contributed by atoms with Gasteiger partial charge in [0.15, 0.2) is 0 Å². The van der Waals surface area contributed by atoms with Gasteiger partial charge in [-0.25, -0.2) is 0 Å². The lowest BCUT2D eigenvalue weighted by molar-refractivity contribution is -0.132. The third kappa shape index (κ3) is 7.48. The molecule has 0 bridgehead atoms. The number of hydrogen-bond acceptors (Lipinski definition) is 3. The van der Waals surface area contributed by atoms with Crippen molar-refractivity contribution in [1.82, 2.24) is 9.80 Å². The first-order valence-corrected chi connectivity index (χ1v) is 11.9. The molecule has 0 fully saturated rings. The first kappa shape index (κ1) is 25.0. The normalized spacial score (nSPS) is 10.6. The molecule has 0 N–H and O–H groups in total. The molecule has 2 amide bonds. The Balaban J connectivity index is 1.70. The molecular weight excluding hydrogens is 424 g/mol. The van der Waals surface area contributed by atoms with Crippen LogP contribution in [0.25, 0.3) is 0 Å². The molecule has 0 saturated heterocycles. The predicted molar refractivity (Wildman–Crippen MR) is 135 cm³/mol. The Morgan fingerprint density at radius 3 is 2.29 bits per heavy atom. The molecule has 5 nitrogen and oxygen atoms in total. The van der Waals surface area contributed by atoms with Crippen LogP contribution in [0.4, 0.5) is 0 Å². The number of unbranched alkanes of at least 4 members (excludes halogenated alkanes) is 1. The lowest BCUT2D eigenvalue weighted by Gasteiger charge is -2.27. The summed E-state index contributed by atoms with van der Waals surface area (Å²) in [5.74, 6) is 0.420. The van der Waals surface area contributed by atoms with Crippen molar-refractivity contribution in [1.29, 1.82) is 0 Å². The maximum Gasteiger partial charge on any atom is 0.254 e. The van der Waals surface area contributed by atoms with Crippen molar-refractivity contribution in [2.75, 3.05) is 19.6 Å². The smallest absolute Gasteiger partial charge is 0.254 e. The summed E-state index contributed by atoms with van der Waals surface area (Å²) >= 11 is 0. The zero-order chi connectivity index (χ0) is 24.2. The largest absolute Gasteiger partial charge is 0.467 e. The van der Waals surface area contributed by atoms with E-state index in [4.69, 9.17) is 4.42 Å². The van der Waals surface area contributed by atoms with Crippen LogP contribution in [0.2, 0.25) is 0 Å². The third-order valence-electron chi connectivity index (χ3n) is 5.78. The van der Waals surface area contributed by atoms with E-state index in [1.165, 1.54) is 5.56 Å². The molecule has 0 atom stereocenters. The van der Waals surface area contributed by atoms with Gasteiger partial charge in [-0.1, -0.05) is 61.9 Å². The molecule has 0 aliphatic rings. The van der Waals surface area contributed by atoms with Gasteiger partial charge in [0.2, 0.25) is 5.91 Å². The van der Waals surface area contributed by atoms with Crippen LogP contribution in [0, 0.1) is 0 Å². The molecule has 1 heterocycles. The van der Waals surface area contributed by atoms with Gasteiger partial charge in [0.05, 0.1) is 12.8 Å². The lowest BCUT2D eigenvalue weighted by Crippen LogP contribution is -2.43. The molecular formula is C29H34N2O3. The Labute approximate surface area is 202 Å². The average Bonchev–Trinajstić information content (AvgIpc) is 3.38. The van der Waals surface area contributed by atoms with Gasteiger partial charge in [-0.3, -0.25) is 9.59 Å². The van der Waals surface area contributed by atoms with Crippen LogP contribution in [0.1, 0.15) is 47.0 Å². The van der Waals surface area contributed by atoms with Crippen molar-refractivity contribution in [2.45, 2.75) is 39.2 Å². The van der Waals surface area contributed by atoms with Crippen LogP contribution in [-0.2, 0) is 24.2 Å². The zero-order valence-corrected chi connectivity index (χ0v) is 20.0. The van der Waals surface area contributed by atoms with Gasteiger partial charge in [0.25, 0.3) is 5.91 Å². The average molecular weight is 459 g/mol. The van der Waals surface area contributed by atoms with E-state index in [2.05, 4.69) is 13.5 Å². The molecule has 34 heavy (non-hydrogen) atoms. The summed E-state index contributed by atoms with van der Waals surface area (Å²) in [6, 6.07) is 21.4. The van der Waals surface area contributed by atoms with E-state index in [0.29, 0.717) is 31.0 Å². The summed E-state index contributed by atoms with van der Waals surface area (Å²) in [7, 11) is 0. The Morgan fingerprint density at radius 1 is 0.912 bits per heavy atom. The number of hydrogen-bond donors (Lipinski definition) is 0. The number of amides is 2. The Kier molecular flexibility index (Phi) is 9.71. The second kappa shape index (κ2) is 13.2. The topological polar surface area (TPSA) is 53.8 Å². The van der Waals surface area contributed by atoms with Gasteiger partial charge in [-0.15, -0.1) is 6.58 Å². The molecule has 0 spiro atoms. The van der Waals surface area contributed by atoms with E-state index < -0.39 is 0 Å². The van der Waals surface area contributed by atoms with Crippen molar-refractivity contribution in [2.24, 2.45) is 0 Å². The summed E-state index contributed by atoms with van der Waals surface area (Å²) in [6.45, 7) is 7.12. The van der Waals surface area contributed by atoms with Crippen LogP contribution >= 0.6 is 0 Å². The highest BCUT2D eigenvalue weighted by atomic mass is 16.3. The summed E-state index contributed by atoms with van der Waals surface area (Å²) in [4.78, 5) is 29.8. The van der Waals surface area contributed by atoms with Crippen LogP contribution < -0.4 is 0 Å². The Morgan fingerprint density at radius 2 is 1.65 bits per heavy atom. The number of furan rings is 1. The first-order chi connectivity index (χ1) is 16.6. The van der Waals surface area contributed by atoms with Gasteiger partial charge < -0.3 is 14.2 Å². The number of benzene rings is 2. The van der Waals surface area contributed by atoms with Gasteiger partial charge in [-0.05, 0) is 54.7 Å². The second-order valence-electron chi connectivity index (χ2n) is 8.41. The van der Waals surface area contributed by atoms with E-state index in [1.807, 2.05) is 66.7 Å². The number of carbonyl (C=O) groups excluding carboxylic acids is 2. The van der Waals surface area contributed by atoms with E-state index in [0.717, 1.165) is 31.2 Å². The standard InChI is InChI=1S/C29H34N2O3/c1-3-5-10-25-14-16-26(17-15-25)29(33)31(19-4-2)23-28(32)30(22-27-13-9-21-34-27)20-18-24-11-7-6-8-12-24/h4,6-9,11-17,21H,2-3,5,10,18-20,22-23H2,1H3. The van der Waals surface area contributed by atoms with Crippen molar-refractivity contribution < 1.29 is 14.0 Å². The van der Waals surface area contributed by atoms with Crippen LogP contribution in [0.15, 0.2) is 90.1 Å². The van der Waals surface area contributed by atoms with Gasteiger partial charge in [0.1, 0.15) is 12.3 Å². The van der Waals surface area contributed by atoms with Gasteiger partial charge >= 0.3 is 0 Å². The predicted octanol–water partition coefficient (Wildman–Crippen LogP) is 5.52. The molecule has 0 unspecified atom stereocenters. The summed E-state index contributed by atoms with van der Waals surface area (Å²) in [5, 5.41) is 0. The van der Waals surface area contributed by atoms with Crippen molar-refractivity contribution >= 4 is 11.8 Å².